The standard InChI is InChI=1S/C9H17FN2O.ClH/c1-3-7(2)12-8(13)9(10)4-5-11-6-9;/h7,11H,3-6H2,1-2H3,(H,12,13);1H. The second-order valence-corrected chi connectivity index (χ2v) is 3.67. The highest BCUT2D eigenvalue weighted by atomic mass is 35.5. The van der Waals surface area contributed by atoms with Crippen LogP contribution in [-0.2, 0) is 4.79 Å². The van der Waals surface area contributed by atoms with Crippen LogP contribution in [0.4, 0.5) is 4.39 Å². The van der Waals surface area contributed by atoms with Crippen LogP contribution in [0.25, 0.3) is 0 Å². The molecular weight excluding hydrogens is 207 g/mol. The number of hydrogen-bond acceptors (Lipinski definition) is 2. The van der Waals surface area contributed by atoms with Gasteiger partial charge in [-0.2, -0.15) is 0 Å². The van der Waals surface area contributed by atoms with Crippen LogP contribution >= 0.6 is 12.4 Å². The van der Waals surface area contributed by atoms with Crippen molar-refractivity contribution in [3.8, 4) is 0 Å². The SMILES string of the molecule is CCC(C)NC(=O)C1(F)CCNC1.Cl. The first-order valence-corrected chi connectivity index (χ1v) is 4.79. The van der Waals surface area contributed by atoms with Crippen LogP contribution in [0.2, 0.25) is 0 Å². The van der Waals surface area contributed by atoms with Crippen molar-refractivity contribution < 1.29 is 9.18 Å². The number of carbonyl (C=O) groups is 1. The van der Waals surface area contributed by atoms with Crippen molar-refractivity contribution in [3.63, 3.8) is 0 Å². The molecule has 2 unspecified atom stereocenters. The third-order valence-corrected chi connectivity index (χ3v) is 2.50. The molecule has 0 radical (unpaired) electrons. The largest absolute Gasteiger partial charge is 0.351 e. The first-order valence-electron chi connectivity index (χ1n) is 4.79. The van der Waals surface area contributed by atoms with Crippen molar-refractivity contribution in [1.29, 1.82) is 0 Å². The van der Waals surface area contributed by atoms with Crippen molar-refractivity contribution in [2.24, 2.45) is 0 Å². The second kappa shape index (κ2) is 5.51. The molecule has 0 bridgehead atoms. The maximum atomic E-state index is 13.7. The number of amides is 1. The minimum Gasteiger partial charge on any atom is -0.351 e. The predicted octanol–water partition coefficient (Wildman–Crippen LogP) is 1.02. The number of nitrogens with one attached hydrogen (secondary N) is 2. The molecule has 1 saturated heterocycles. The zero-order valence-electron chi connectivity index (χ0n) is 8.60. The van der Waals surface area contributed by atoms with Crippen LogP contribution in [0.3, 0.4) is 0 Å². The van der Waals surface area contributed by atoms with E-state index in [1.165, 1.54) is 0 Å². The smallest absolute Gasteiger partial charge is 0.259 e. The summed E-state index contributed by atoms with van der Waals surface area (Å²) in [6.07, 6.45) is 1.12. The van der Waals surface area contributed by atoms with E-state index in [1.807, 2.05) is 13.8 Å². The van der Waals surface area contributed by atoms with Crippen LogP contribution in [0.5, 0.6) is 0 Å². The first-order chi connectivity index (χ1) is 6.08. The second-order valence-electron chi connectivity index (χ2n) is 3.67. The molecule has 0 aromatic carbocycles. The van der Waals surface area contributed by atoms with Crippen molar-refractivity contribution in [2.75, 3.05) is 13.1 Å². The molecule has 1 fully saturated rings. The summed E-state index contributed by atoms with van der Waals surface area (Å²) < 4.78 is 13.7. The van der Waals surface area contributed by atoms with E-state index in [0.29, 0.717) is 6.54 Å². The summed E-state index contributed by atoms with van der Waals surface area (Å²) in [4.78, 5) is 11.4. The van der Waals surface area contributed by atoms with Crippen LogP contribution in [-0.4, -0.2) is 30.7 Å². The molecular formula is C9H18ClFN2O. The van der Waals surface area contributed by atoms with Gasteiger partial charge >= 0.3 is 0 Å². The summed E-state index contributed by atoms with van der Waals surface area (Å²) in [5.74, 6) is -0.466. The zero-order valence-corrected chi connectivity index (χ0v) is 9.42. The third kappa shape index (κ3) is 3.10. The van der Waals surface area contributed by atoms with Gasteiger partial charge in [-0.15, -0.1) is 12.4 Å². The van der Waals surface area contributed by atoms with Gasteiger partial charge in [0.2, 0.25) is 5.67 Å². The predicted molar refractivity (Wildman–Crippen MR) is 56.5 cm³/mol. The number of halogens is 2. The Morgan fingerprint density at radius 1 is 1.71 bits per heavy atom. The Bertz CT molecular complexity index is 195. The quantitative estimate of drug-likeness (QED) is 0.752. The molecule has 3 nitrogen and oxygen atoms in total. The van der Waals surface area contributed by atoms with Gasteiger partial charge in [-0.25, -0.2) is 4.39 Å². The zero-order chi connectivity index (χ0) is 9.90. The fourth-order valence-corrected chi connectivity index (χ4v) is 1.31. The average Bonchev–Trinajstić information content (AvgIpc) is 2.53. The number of hydrogen-bond donors (Lipinski definition) is 2. The summed E-state index contributed by atoms with van der Waals surface area (Å²) in [6.45, 7) is 4.58. The topological polar surface area (TPSA) is 41.1 Å². The van der Waals surface area contributed by atoms with Gasteiger partial charge in [0, 0.05) is 19.0 Å². The van der Waals surface area contributed by atoms with E-state index in [0.717, 1.165) is 6.42 Å². The minimum atomic E-state index is -1.68. The Hall–Kier alpha value is -0.350. The molecule has 2 atom stereocenters. The minimum absolute atomic E-state index is 0. The number of carbonyl (C=O) groups excluding carboxylic acids is 1. The van der Waals surface area contributed by atoms with E-state index < -0.39 is 11.6 Å². The molecule has 0 spiro atoms. The Morgan fingerprint density at radius 2 is 2.36 bits per heavy atom. The van der Waals surface area contributed by atoms with Crippen molar-refractivity contribution >= 4 is 18.3 Å². The molecule has 2 N–H and O–H groups in total. The molecule has 1 aliphatic heterocycles. The molecule has 0 aliphatic carbocycles. The van der Waals surface area contributed by atoms with Crippen molar-refractivity contribution in [1.82, 2.24) is 10.6 Å². The van der Waals surface area contributed by atoms with Crippen molar-refractivity contribution in [3.05, 3.63) is 0 Å². The number of rotatable bonds is 3. The highest BCUT2D eigenvalue weighted by molar-refractivity contribution is 5.86. The molecule has 1 rings (SSSR count). The van der Waals surface area contributed by atoms with E-state index in [9.17, 15) is 9.18 Å². The Balaban J connectivity index is 0.00000169. The van der Waals surface area contributed by atoms with Gasteiger partial charge in [0.15, 0.2) is 0 Å². The van der Waals surface area contributed by atoms with Gasteiger partial charge in [0.05, 0.1) is 0 Å². The average molecular weight is 225 g/mol. The van der Waals surface area contributed by atoms with E-state index in [4.69, 9.17) is 0 Å². The lowest BCUT2D eigenvalue weighted by atomic mass is 10.0. The van der Waals surface area contributed by atoms with Gasteiger partial charge in [-0.05, 0) is 19.9 Å². The Kier molecular flexibility index (Phi) is 5.37. The number of alkyl halides is 1. The van der Waals surface area contributed by atoms with E-state index in [1.54, 1.807) is 0 Å². The molecule has 84 valence electrons. The molecule has 0 aromatic heterocycles. The van der Waals surface area contributed by atoms with Gasteiger partial charge in [-0.3, -0.25) is 4.79 Å². The van der Waals surface area contributed by atoms with Crippen LogP contribution < -0.4 is 10.6 Å². The summed E-state index contributed by atoms with van der Waals surface area (Å²) in [5, 5.41) is 5.51. The maximum absolute atomic E-state index is 13.7. The molecule has 0 saturated carbocycles. The molecule has 1 aliphatic rings. The van der Waals surface area contributed by atoms with Crippen LogP contribution in [0, 0.1) is 0 Å². The molecule has 14 heavy (non-hydrogen) atoms. The fraction of sp³-hybridized carbons (Fsp3) is 0.889. The lowest BCUT2D eigenvalue weighted by Crippen LogP contribution is -2.47. The summed E-state index contributed by atoms with van der Waals surface area (Å²) in [7, 11) is 0. The van der Waals surface area contributed by atoms with Crippen LogP contribution in [0.15, 0.2) is 0 Å². The molecule has 5 heteroatoms. The van der Waals surface area contributed by atoms with E-state index in [-0.39, 0.29) is 31.4 Å². The highest BCUT2D eigenvalue weighted by Crippen LogP contribution is 2.19. The lowest BCUT2D eigenvalue weighted by Gasteiger charge is -2.20. The molecule has 1 heterocycles. The summed E-state index contributed by atoms with van der Waals surface area (Å²) >= 11 is 0. The Labute approximate surface area is 90.2 Å². The normalized spacial score (nSPS) is 27.9. The monoisotopic (exact) mass is 224 g/mol. The van der Waals surface area contributed by atoms with Gasteiger partial charge in [-0.1, -0.05) is 6.92 Å². The summed E-state index contributed by atoms with van der Waals surface area (Å²) in [5.41, 5.74) is -1.68. The Morgan fingerprint density at radius 3 is 2.79 bits per heavy atom. The molecule has 1 amide bonds. The van der Waals surface area contributed by atoms with Gasteiger partial charge in [0.1, 0.15) is 0 Å². The fourth-order valence-electron chi connectivity index (χ4n) is 1.31. The van der Waals surface area contributed by atoms with E-state index >= 15 is 0 Å². The lowest BCUT2D eigenvalue weighted by molar-refractivity contribution is -0.132. The summed E-state index contributed by atoms with van der Waals surface area (Å²) in [6, 6.07) is 0.0562. The maximum Gasteiger partial charge on any atom is 0.259 e. The van der Waals surface area contributed by atoms with E-state index in [2.05, 4.69) is 10.6 Å². The van der Waals surface area contributed by atoms with Gasteiger partial charge < -0.3 is 10.6 Å². The van der Waals surface area contributed by atoms with Crippen molar-refractivity contribution in [2.45, 2.75) is 38.4 Å². The van der Waals surface area contributed by atoms with Gasteiger partial charge in [0.25, 0.3) is 5.91 Å². The third-order valence-electron chi connectivity index (χ3n) is 2.50. The highest BCUT2D eigenvalue weighted by Gasteiger charge is 2.41. The van der Waals surface area contributed by atoms with Crippen LogP contribution in [0.1, 0.15) is 26.7 Å². The first kappa shape index (κ1) is 13.7. The molecule has 0 aromatic rings.